The molecule has 2 atom stereocenters. The van der Waals surface area contributed by atoms with Gasteiger partial charge >= 0.3 is 0 Å². The third kappa shape index (κ3) is 5.04. The number of Topliss-reactive ketones (excluding diaryl/α,β-unsaturated/α-hetero) is 1. The van der Waals surface area contributed by atoms with Crippen LogP contribution in [0.1, 0.15) is 46.9 Å². The lowest BCUT2D eigenvalue weighted by molar-refractivity contribution is -0.116. The fourth-order valence-electron chi connectivity index (χ4n) is 5.51. The van der Waals surface area contributed by atoms with Crippen LogP contribution in [-0.2, 0) is 9.59 Å². The number of para-hydroxylation sites is 2. The minimum Gasteiger partial charge on any atom is -0.495 e. The first-order chi connectivity index (χ1) is 18.8. The fourth-order valence-corrected chi connectivity index (χ4v) is 6.51. The molecule has 39 heavy (non-hydrogen) atoms. The Hall–Kier alpha value is -4.04. The third-order valence-electron chi connectivity index (χ3n) is 7.35. The van der Waals surface area contributed by atoms with E-state index in [4.69, 9.17) is 14.2 Å². The summed E-state index contributed by atoms with van der Waals surface area (Å²) in [6.07, 6.45) is 0.994. The minimum absolute atomic E-state index is 0.0222. The molecule has 0 unspecified atom stereocenters. The first kappa shape index (κ1) is 26.6. The average molecular weight is 545 g/mol. The van der Waals surface area contributed by atoms with E-state index in [-0.39, 0.29) is 17.6 Å². The summed E-state index contributed by atoms with van der Waals surface area (Å²) in [6.45, 7) is 3.93. The van der Waals surface area contributed by atoms with Gasteiger partial charge in [0.15, 0.2) is 17.3 Å². The van der Waals surface area contributed by atoms with E-state index >= 15 is 0 Å². The SMILES string of the molecule is COc1ccccc1NC(=O)C1=C(C)NC2=C(C(=O)C[C@H](c3ccc(OC)c(OC)c3)C2)[C@H]1c1ccc(C)s1. The van der Waals surface area contributed by atoms with Crippen LogP contribution in [0.15, 0.2) is 77.1 Å². The molecule has 2 aliphatic rings. The molecule has 1 aliphatic heterocycles. The summed E-state index contributed by atoms with van der Waals surface area (Å²) in [5.74, 6) is 1.16. The summed E-state index contributed by atoms with van der Waals surface area (Å²) < 4.78 is 16.3. The number of carbonyl (C=O) groups excluding carboxylic acids is 2. The third-order valence-corrected chi connectivity index (χ3v) is 8.42. The average Bonchev–Trinajstić information content (AvgIpc) is 3.37. The molecule has 1 aromatic heterocycles. The number of rotatable bonds is 7. The van der Waals surface area contributed by atoms with E-state index in [1.165, 1.54) is 0 Å². The number of allylic oxidation sites excluding steroid dienone is 3. The van der Waals surface area contributed by atoms with Gasteiger partial charge in [-0.1, -0.05) is 18.2 Å². The highest BCUT2D eigenvalue weighted by molar-refractivity contribution is 7.12. The first-order valence-corrected chi connectivity index (χ1v) is 13.6. The van der Waals surface area contributed by atoms with E-state index in [1.807, 2.05) is 56.3 Å². The second-order valence-corrected chi connectivity index (χ2v) is 11.1. The van der Waals surface area contributed by atoms with Crippen molar-refractivity contribution in [2.24, 2.45) is 0 Å². The number of anilines is 1. The predicted molar refractivity (Wildman–Crippen MR) is 153 cm³/mol. The van der Waals surface area contributed by atoms with Gasteiger partial charge in [-0.3, -0.25) is 9.59 Å². The monoisotopic (exact) mass is 544 g/mol. The highest BCUT2D eigenvalue weighted by Crippen LogP contribution is 2.48. The minimum atomic E-state index is -0.450. The molecule has 8 heteroatoms. The standard InChI is InChI=1S/C31H32N2O5S/c1-17-10-13-27(39-17)30-28(31(35)33-21-8-6-7-9-24(21)36-3)18(2)32-22-14-20(15-23(34)29(22)30)19-11-12-25(37-4)26(16-19)38-5/h6-13,16,20,30,32H,14-15H2,1-5H3,(H,33,35)/t20-,30+/m1/s1. The first-order valence-electron chi connectivity index (χ1n) is 12.8. The summed E-state index contributed by atoms with van der Waals surface area (Å²) in [7, 11) is 4.78. The number of aryl methyl sites for hydroxylation is 1. The van der Waals surface area contributed by atoms with E-state index in [1.54, 1.807) is 44.8 Å². The van der Waals surface area contributed by atoms with Crippen molar-refractivity contribution in [3.05, 3.63) is 92.5 Å². The molecule has 202 valence electrons. The molecule has 1 aliphatic carbocycles. The Morgan fingerprint density at radius 3 is 2.36 bits per heavy atom. The molecule has 5 rings (SSSR count). The molecular weight excluding hydrogens is 512 g/mol. The van der Waals surface area contributed by atoms with Gasteiger partial charge in [-0.25, -0.2) is 0 Å². The molecule has 0 spiro atoms. The van der Waals surface area contributed by atoms with Crippen molar-refractivity contribution < 1.29 is 23.8 Å². The molecule has 0 saturated carbocycles. The fraction of sp³-hybridized carbons (Fsp3) is 0.290. The zero-order chi connectivity index (χ0) is 27.7. The van der Waals surface area contributed by atoms with Crippen molar-refractivity contribution >= 4 is 28.7 Å². The van der Waals surface area contributed by atoms with E-state index < -0.39 is 5.92 Å². The number of hydrogen-bond donors (Lipinski definition) is 2. The van der Waals surface area contributed by atoms with Gasteiger partial charge in [0.2, 0.25) is 0 Å². The molecule has 2 N–H and O–H groups in total. The highest BCUT2D eigenvalue weighted by atomic mass is 32.1. The van der Waals surface area contributed by atoms with Crippen LogP contribution in [0.5, 0.6) is 17.2 Å². The number of hydrogen-bond acceptors (Lipinski definition) is 7. The smallest absolute Gasteiger partial charge is 0.254 e. The Bertz CT molecular complexity index is 1500. The highest BCUT2D eigenvalue weighted by Gasteiger charge is 2.41. The Balaban J connectivity index is 1.53. The van der Waals surface area contributed by atoms with Crippen LogP contribution in [0.2, 0.25) is 0 Å². The van der Waals surface area contributed by atoms with Gasteiger partial charge in [-0.05, 0) is 68.1 Å². The van der Waals surface area contributed by atoms with E-state index in [2.05, 4.69) is 10.6 Å². The number of ether oxygens (including phenoxy) is 3. The van der Waals surface area contributed by atoms with E-state index in [0.29, 0.717) is 46.9 Å². The number of dihydropyridines is 1. The maximum Gasteiger partial charge on any atom is 0.254 e. The van der Waals surface area contributed by atoms with E-state index in [9.17, 15) is 9.59 Å². The van der Waals surface area contributed by atoms with Gasteiger partial charge in [0.05, 0.1) is 32.9 Å². The second-order valence-electron chi connectivity index (χ2n) is 9.73. The second kappa shape index (κ2) is 11.0. The molecule has 3 aromatic rings. The largest absolute Gasteiger partial charge is 0.495 e. The maximum absolute atomic E-state index is 13.9. The van der Waals surface area contributed by atoms with Crippen molar-refractivity contribution in [2.75, 3.05) is 26.6 Å². The Kier molecular flexibility index (Phi) is 7.48. The number of nitrogens with one attached hydrogen (secondary N) is 2. The maximum atomic E-state index is 13.9. The molecule has 0 fully saturated rings. The number of methoxy groups -OCH3 is 3. The molecule has 2 aromatic carbocycles. The lowest BCUT2D eigenvalue weighted by Gasteiger charge is -2.36. The number of amides is 1. The number of ketones is 1. The summed E-state index contributed by atoms with van der Waals surface area (Å²) >= 11 is 1.61. The van der Waals surface area contributed by atoms with Crippen LogP contribution in [0.3, 0.4) is 0 Å². The van der Waals surface area contributed by atoms with E-state index in [0.717, 1.165) is 26.7 Å². The number of carbonyl (C=O) groups is 2. The molecule has 0 radical (unpaired) electrons. The van der Waals surface area contributed by atoms with Gasteiger partial charge in [-0.15, -0.1) is 11.3 Å². The summed E-state index contributed by atoms with van der Waals surface area (Å²) in [5, 5.41) is 6.47. The normalized spacial score (nSPS) is 18.8. The van der Waals surface area contributed by atoms with Crippen LogP contribution in [0.4, 0.5) is 5.69 Å². The lowest BCUT2D eigenvalue weighted by atomic mass is 9.73. The van der Waals surface area contributed by atoms with Crippen molar-refractivity contribution in [3.63, 3.8) is 0 Å². The van der Waals surface area contributed by atoms with Crippen molar-refractivity contribution in [3.8, 4) is 17.2 Å². The molecule has 1 amide bonds. The summed E-state index contributed by atoms with van der Waals surface area (Å²) in [4.78, 5) is 29.8. The van der Waals surface area contributed by atoms with Gasteiger partial charge in [0, 0.05) is 38.7 Å². The molecule has 0 bridgehead atoms. The lowest BCUT2D eigenvalue weighted by Crippen LogP contribution is -2.36. The molecular formula is C31H32N2O5S. The number of thiophene rings is 1. The van der Waals surface area contributed by atoms with Crippen LogP contribution >= 0.6 is 11.3 Å². The molecule has 7 nitrogen and oxygen atoms in total. The van der Waals surface area contributed by atoms with Crippen LogP contribution in [0, 0.1) is 6.92 Å². The van der Waals surface area contributed by atoms with Gasteiger partial charge in [-0.2, -0.15) is 0 Å². The predicted octanol–water partition coefficient (Wildman–Crippen LogP) is 6.08. The zero-order valence-corrected chi connectivity index (χ0v) is 23.5. The van der Waals surface area contributed by atoms with Crippen LogP contribution < -0.4 is 24.8 Å². The van der Waals surface area contributed by atoms with Crippen LogP contribution in [-0.4, -0.2) is 33.0 Å². The topological polar surface area (TPSA) is 85.9 Å². The van der Waals surface area contributed by atoms with Crippen molar-refractivity contribution in [1.29, 1.82) is 0 Å². The van der Waals surface area contributed by atoms with Crippen molar-refractivity contribution in [1.82, 2.24) is 5.32 Å². The Labute approximate surface area is 232 Å². The van der Waals surface area contributed by atoms with Crippen LogP contribution in [0.25, 0.3) is 0 Å². The van der Waals surface area contributed by atoms with Gasteiger partial charge in [0.1, 0.15) is 5.75 Å². The zero-order valence-electron chi connectivity index (χ0n) is 22.7. The number of benzene rings is 2. The van der Waals surface area contributed by atoms with Crippen molar-refractivity contribution in [2.45, 2.75) is 38.5 Å². The molecule has 2 heterocycles. The molecule has 0 saturated heterocycles. The van der Waals surface area contributed by atoms with Gasteiger partial charge in [0.25, 0.3) is 5.91 Å². The summed E-state index contributed by atoms with van der Waals surface area (Å²) in [6, 6.07) is 17.2. The van der Waals surface area contributed by atoms with Gasteiger partial charge < -0.3 is 24.8 Å². The quantitative estimate of drug-likeness (QED) is 0.375. The Morgan fingerprint density at radius 2 is 1.67 bits per heavy atom. The summed E-state index contributed by atoms with van der Waals surface area (Å²) in [5.41, 5.74) is 4.41. The Morgan fingerprint density at radius 1 is 0.923 bits per heavy atom.